The van der Waals surface area contributed by atoms with Crippen molar-refractivity contribution >= 4 is 26.9 Å². The molecule has 4 nitrogen and oxygen atoms in total. The van der Waals surface area contributed by atoms with Gasteiger partial charge >= 0.3 is 5.63 Å². The van der Waals surface area contributed by atoms with E-state index in [4.69, 9.17) is 9.15 Å². The second kappa shape index (κ2) is 4.86. The summed E-state index contributed by atoms with van der Waals surface area (Å²) < 4.78 is 10.9. The molecule has 1 aromatic heterocycles. The lowest BCUT2D eigenvalue weighted by atomic mass is 10.1. The van der Waals surface area contributed by atoms with Gasteiger partial charge in [0, 0.05) is 23.4 Å². The van der Waals surface area contributed by atoms with E-state index in [1.807, 2.05) is 0 Å². The summed E-state index contributed by atoms with van der Waals surface area (Å²) in [5, 5.41) is 10.8. The van der Waals surface area contributed by atoms with E-state index >= 15 is 0 Å². The number of phenols is 1. The van der Waals surface area contributed by atoms with Gasteiger partial charge in [0.15, 0.2) is 11.3 Å². The maximum atomic E-state index is 11.2. The molecule has 0 spiro atoms. The van der Waals surface area contributed by atoms with Crippen LogP contribution in [0.2, 0.25) is 0 Å². The van der Waals surface area contributed by atoms with Crippen LogP contribution in [0.25, 0.3) is 11.0 Å². The van der Waals surface area contributed by atoms with Crippen LogP contribution in [0.1, 0.15) is 5.56 Å². The van der Waals surface area contributed by atoms with Crippen molar-refractivity contribution in [3.8, 4) is 11.5 Å². The van der Waals surface area contributed by atoms with E-state index in [0.717, 1.165) is 4.48 Å². The molecule has 18 heavy (non-hydrogen) atoms. The Balaban J connectivity index is 2.77. The number of ether oxygens (including phenoxy) is 1. The highest BCUT2D eigenvalue weighted by molar-refractivity contribution is 9.11. The van der Waals surface area contributed by atoms with Crippen molar-refractivity contribution in [1.82, 2.24) is 0 Å². The van der Waals surface area contributed by atoms with E-state index < -0.39 is 5.63 Å². The Morgan fingerprint density at radius 3 is 2.89 bits per heavy atom. The van der Waals surface area contributed by atoms with Crippen LogP contribution in [0.5, 0.6) is 11.5 Å². The number of aromatic hydroxyl groups is 1. The van der Waals surface area contributed by atoms with Crippen LogP contribution in [0, 0.1) is 0 Å². The fraction of sp³-hybridized carbons (Fsp3) is 0.154. The third kappa shape index (κ3) is 2.26. The van der Waals surface area contributed by atoms with Gasteiger partial charge in [0.05, 0.1) is 7.11 Å². The average Bonchev–Trinajstić information content (AvgIpc) is 2.30. The van der Waals surface area contributed by atoms with Gasteiger partial charge in [-0.05, 0) is 16.6 Å². The van der Waals surface area contributed by atoms with Gasteiger partial charge in [-0.3, -0.25) is 0 Å². The molecule has 0 saturated heterocycles. The highest BCUT2D eigenvalue weighted by atomic mass is 79.9. The van der Waals surface area contributed by atoms with E-state index in [0.29, 0.717) is 17.4 Å². The molecule has 0 radical (unpaired) electrons. The van der Waals surface area contributed by atoms with Crippen molar-refractivity contribution in [3.63, 3.8) is 0 Å². The van der Waals surface area contributed by atoms with Crippen LogP contribution >= 0.6 is 15.9 Å². The first-order valence-electron chi connectivity index (χ1n) is 5.19. The molecule has 0 unspecified atom stereocenters. The van der Waals surface area contributed by atoms with Crippen molar-refractivity contribution in [1.29, 1.82) is 0 Å². The summed E-state index contributed by atoms with van der Waals surface area (Å²) in [5.41, 5.74) is 0.402. The number of hydrogen-bond donors (Lipinski definition) is 1. The summed E-state index contributed by atoms with van der Waals surface area (Å²) in [5.74, 6) is 0.119. The summed E-state index contributed by atoms with van der Waals surface area (Å²) in [6, 6.07) is 4.69. The Morgan fingerprint density at radius 1 is 1.56 bits per heavy atom. The normalized spacial score (nSPS) is 10.6. The number of phenolic OH excluding ortho intramolecular Hbond substituents is 1. The topological polar surface area (TPSA) is 59.7 Å². The summed E-state index contributed by atoms with van der Waals surface area (Å²) in [6.45, 7) is 3.73. The fourth-order valence-corrected chi connectivity index (χ4v) is 2.06. The zero-order chi connectivity index (χ0) is 13.3. The molecule has 1 N–H and O–H groups in total. The molecular formula is C13H11BrO4. The van der Waals surface area contributed by atoms with E-state index in [-0.39, 0.29) is 17.1 Å². The Kier molecular flexibility index (Phi) is 3.43. The molecule has 94 valence electrons. The Bertz CT molecular complexity index is 672. The molecule has 0 bridgehead atoms. The molecule has 1 heterocycles. The maximum Gasteiger partial charge on any atom is 0.336 e. The number of benzene rings is 1. The van der Waals surface area contributed by atoms with Gasteiger partial charge in [0.25, 0.3) is 0 Å². The molecule has 0 fully saturated rings. The number of fused-ring (bicyclic) bond motifs is 1. The van der Waals surface area contributed by atoms with E-state index in [1.165, 1.54) is 13.2 Å². The van der Waals surface area contributed by atoms with Gasteiger partial charge in [-0.2, -0.15) is 0 Å². The van der Waals surface area contributed by atoms with Crippen molar-refractivity contribution in [2.24, 2.45) is 0 Å². The summed E-state index contributed by atoms with van der Waals surface area (Å²) in [7, 11) is 1.41. The Morgan fingerprint density at radius 2 is 2.28 bits per heavy atom. The van der Waals surface area contributed by atoms with Crippen LogP contribution in [0.3, 0.4) is 0 Å². The minimum absolute atomic E-state index is 0.0417. The largest absolute Gasteiger partial charge is 0.504 e. The Labute approximate surface area is 112 Å². The van der Waals surface area contributed by atoms with Crippen molar-refractivity contribution in [3.05, 3.63) is 45.2 Å². The predicted octanol–water partition coefficient (Wildman–Crippen LogP) is 2.96. The molecule has 0 amide bonds. The molecule has 2 aromatic rings. The standard InChI is InChI=1S/C13H11BrO4/c1-7(14)5-9-6-8-3-4-10(15)18-12(8)13(17-2)11(9)16/h3-4,6,16H,1,5H2,2H3. The van der Waals surface area contributed by atoms with Crippen LogP contribution in [0.4, 0.5) is 0 Å². The highest BCUT2D eigenvalue weighted by Crippen LogP contribution is 2.38. The summed E-state index contributed by atoms with van der Waals surface area (Å²) >= 11 is 3.25. The van der Waals surface area contributed by atoms with Gasteiger partial charge < -0.3 is 14.3 Å². The highest BCUT2D eigenvalue weighted by Gasteiger charge is 2.15. The van der Waals surface area contributed by atoms with Gasteiger partial charge in [0.2, 0.25) is 5.75 Å². The maximum absolute atomic E-state index is 11.2. The molecular weight excluding hydrogens is 300 g/mol. The fourth-order valence-electron chi connectivity index (χ4n) is 1.76. The number of allylic oxidation sites excluding steroid dienone is 1. The SMILES string of the molecule is C=C(Br)Cc1cc2ccc(=O)oc2c(OC)c1O. The van der Waals surface area contributed by atoms with Crippen LogP contribution in [-0.2, 0) is 6.42 Å². The minimum Gasteiger partial charge on any atom is -0.504 e. The number of rotatable bonds is 3. The lowest BCUT2D eigenvalue weighted by Gasteiger charge is -2.10. The molecule has 5 heteroatoms. The van der Waals surface area contributed by atoms with E-state index in [9.17, 15) is 9.90 Å². The summed E-state index contributed by atoms with van der Waals surface area (Å²) in [4.78, 5) is 11.2. The van der Waals surface area contributed by atoms with Gasteiger partial charge in [-0.25, -0.2) is 4.79 Å². The molecule has 0 atom stereocenters. The van der Waals surface area contributed by atoms with E-state index in [2.05, 4.69) is 22.5 Å². The third-order valence-electron chi connectivity index (χ3n) is 2.51. The summed E-state index contributed by atoms with van der Waals surface area (Å²) in [6.07, 6.45) is 0.456. The van der Waals surface area contributed by atoms with E-state index in [1.54, 1.807) is 12.1 Å². The number of methoxy groups -OCH3 is 1. The number of hydrogen-bond acceptors (Lipinski definition) is 4. The minimum atomic E-state index is -0.488. The smallest absolute Gasteiger partial charge is 0.336 e. The van der Waals surface area contributed by atoms with Crippen molar-refractivity contribution < 1.29 is 14.3 Å². The van der Waals surface area contributed by atoms with Crippen LogP contribution in [-0.4, -0.2) is 12.2 Å². The monoisotopic (exact) mass is 310 g/mol. The first-order valence-corrected chi connectivity index (χ1v) is 5.98. The second-order valence-corrected chi connectivity index (χ2v) is 4.91. The quantitative estimate of drug-likeness (QED) is 0.885. The molecule has 0 aliphatic carbocycles. The van der Waals surface area contributed by atoms with Crippen LogP contribution < -0.4 is 10.4 Å². The zero-order valence-corrected chi connectivity index (χ0v) is 11.3. The van der Waals surface area contributed by atoms with Gasteiger partial charge in [0.1, 0.15) is 0 Å². The third-order valence-corrected chi connectivity index (χ3v) is 2.79. The second-order valence-electron chi connectivity index (χ2n) is 3.78. The predicted molar refractivity (Wildman–Crippen MR) is 72.5 cm³/mol. The molecule has 1 aromatic carbocycles. The average molecular weight is 311 g/mol. The lowest BCUT2D eigenvalue weighted by Crippen LogP contribution is -1.98. The first kappa shape index (κ1) is 12.7. The lowest BCUT2D eigenvalue weighted by molar-refractivity contribution is 0.366. The first-order chi connectivity index (χ1) is 8.52. The van der Waals surface area contributed by atoms with Crippen LogP contribution in [0.15, 0.2) is 38.5 Å². The molecule has 0 aliphatic heterocycles. The Hall–Kier alpha value is -1.75. The van der Waals surface area contributed by atoms with Crippen molar-refractivity contribution in [2.45, 2.75) is 6.42 Å². The van der Waals surface area contributed by atoms with Crippen molar-refractivity contribution in [2.75, 3.05) is 7.11 Å². The molecule has 0 aliphatic rings. The van der Waals surface area contributed by atoms with Gasteiger partial charge in [-0.1, -0.05) is 22.5 Å². The molecule has 2 rings (SSSR count). The molecule has 0 saturated carbocycles. The number of halogens is 1. The van der Waals surface area contributed by atoms with Gasteiger partial charge in [-0.15, -0.1) is 0 Å². The zero-order valence-electron chi connectivity index (χ0n) is 9.70.